The maximum Gasteiger partial charge on any atom is 0.316 e. The molecule has 0 aromatic carbocycles. The first-order valence-electron chi connectivity index (χ1n) is 9.48. The Kier molecular flexibility index (Phi) is 4.97. The Hall–Kier alpha value is -2.25. The van der Waals surface area contributed by atoms with Gasteiger partial charge >= 0.3 is 6.01 Å². The van der Waals surface area contributed by atoms with E-state index in [4.69, 9.17) is 4.74 Å². The average Bonchev–Trinajstić information content (AvgIpc) is 2.65. The van der Waals surface area contributed by atoms with E-state index in [1.807, 2.05) is 18.5 Å². The Balaban J connectivity index is 1.60. The second-order valence-corrected chi connectivity index (χ2v) is 7.95. The van der Waals surface area contributed by atoms with Crippen LogP contribution in [0.25, 0.3) is 0 Å². The van der Waals surface area contributed by atoms with Gasteiger partial charge in [-0.2, -0.15) is 0 Å². The number of aromatic nitrogens is 3. The number of pyridine rings is 1. The zero-order chi connectivity index (χ0) is 19.0. The first-order chi connectivity index (χ1) is 13.0. The Morgan fingerprint density at radius 1 is 1.22 bits per heavy atom. The zero-order valence-electron chi connectivity index (χ0n) is 16.2. The number of fused-ring (bicyclic) bond motifs is 4. The van der Waals surface area contributed by atoms with Crippen molar-refractivity contribution in [3.05, 3.63) is 52.2 Å². The SMILES string of the molecule is COc1ncc(CN2C[C@H]3C[C@@H](C2)[C@H](CN(C)C)n2c3cccc2=O)cn1. The quantitative estimate of drug-likeness (QED) is 0.793. The highest BCUT2D eigenvalue weighted by Gasteiger charge is 2.40. The number of likely N-dealkylation sites (tertiary alicyclic amines) is 1. The fourth-order valence-electron chi connectivity index (χ4n) is 4.66. The predicted octanol–water partition coefficient (Wildman–Crippen LogP) is 1.37. The Morgan fingerprint density at radius 3 is 2.70 bits per heavy atom. The lowest BCUT2D eigenvalue weighted by Crippen LogP contribution is -2.51. The van der Waals surface area contributed by atoms with Crippen LogP contribution in [-0.4, -0.2) is 65.2 Å². The van der Waals surface area contributed by atoms with E-state index in [1.54, 1.807) is 13.2 Å². The molecule has 0 N–H and O–H groups in total. The molecule has 144 valence electrons. The molecule has 0 spiro atoms. The lowest BCUT2D eigenvalue weighted by Gasteiger charge is -2.47. The molecule has 7 nitrogen and oxygen atoms in total. The highest BCUT2D eigenvalue weighted by molar-refractivity contribution is 5.20. The molecule has 4 heterocycles. The number of likely N-dealkylation sites (N-methyl/N-ethyl adjacent to an activating group) is 1. The third-order valence-corrected chi connectivity index (χ3v) is 5.70. The van der Waals surface area contributed by atoms with Crippen molar-refractivity contribution in [3.8, 4) is 6.01 Å². The summed E-state index contributed by atoms with van der Waals surface area (Å²) < 4.78 is 7.11. The average molecular weight is 369 g/mol. The molecule has 2 aromatic rings. The highest BCUT2D eigenvalue weighted by atomic mass is 16.5. The van der Waals surface area contributed by atoms with Crippen molar-refractivity contribution in [1.29, 1.82) is 0 Å². The number of hydrogen-bond donors (Lipinski definition) is 0. The summed E-state index contributed by atoms with van der Waals surface area (Å²) in [6.45, 7) is 3.65. The summed E-state index contributed by atoms with van der Waals surface area (Å²) in [5.41, 5.74) is 2.40. The van der Waals surface area contributed by atoms with Crippen molar-refractivity contribution in [1.82, 2.24) is 24.3 Å². The molecule has 2 aromatic heterocycles. The van der Waals surface area contributed by atoms with Crippen LogP contribution in [0.15, 0.2) is 35.4 Å². The van der Waals surface area contributed by atoms with E-state index in [-0.39, 0.29) is 11.6 Å². The minimum absolute atomic E-state index is 0.131. The van der Waals surface area contributed by atoms with Crippen LogP contribution in [-0.2, 0) is 6.54 Å². The van der Waals surface area contributed by atoms with Crippen LogP contribution < -0.4 is 10.3 Å². The topological polar surface area (TPSA) is 63.5 Å². The van der Waals surface area contributed by atoms with Gasteiger partial charge in [0.05, 0.1) is 13.2 Å². The van der Waals surface area contributed by atoms with Crippen LogP contribution in [0.4, 0.5) is 0 Å². The van der Waals surface area contributed by atoms with Crippen LogP contribution in [0.5, 0.6) is 6.01 Å². The van der Waals surface area contributed by atoms with E-state index >= 15 is 0 Å². The summed E-state index contributed by atoms with van der Waals surface area (Å²) in [7, 11) is 5.73. The monoisotopic (exact) mass is 369 g/mol. The molecule has 4 rings (SSSR count). The molecule has 0 amide bonds. The van der Waals surface area contributed by atoms with Crippen molar-refractivity contribution < 1.29 is 4.74 Å². The maximum atomic E-state index is 12.6. The summed E-state index contributed by atoms with van der Waals surface area (Å²) in [5, 5.41) is 0. The second-order valence-electron chi connectivity index (χ2n) is 7.95. The summed E-state index contributed by atoms with van der Waals surface area (Å²) in [6, 6.07) is 6.34. The Morgan fingerprint density at radius 2 is 2.00 bits per heavy atom. The van der Waals surface area contributed by atoms with Gasteiger partial charge in [-0.25, -0.2) is 9.97 Å². The Bertz CT molecular complexity index is 848. The van der Waals surface area contributed by atoms with E-state index in [2.05, 4.69) is 44.5 Å². The minimum Gasteiger partial charge on any atom is -0.467 e. The number of hydrogen-bond acceptors (Lipinski definition) is 6. The van der Waals surface area contributed by atoms with Gasteiger partial charge in [0, 0.05) is 61.8 Å². The van der Waals surface area contributed by atoms with Gasteiger partial charge in [-0.3, -0.25) is 9.69 Å². The standard InChI is InChI=1S/C20H27N5O2/c1-23(2)13-18-16-7-15(17-5-4-6-19(26)25(17)18)11-24(12-16)10-14-8-21-20(27-3)22-9-14/h4-6,8-9,15-16,18H,7,10-13H2,1-3H3/t15-,16+,18+/m1/s1. The van der Waals surface area contributed by atoms with Gasteiger partial charge < -0.3 is 14.2 Å². The largest absolute Gasteiger partial charge is 0.467 e. The molecule has 7 heteroatoms. The number of rotatable bonds is 5. The van der Waals surface area contributed by atoms with Gasteiger partial charge in [0.15, 0.2) is 0 Å². The zero-order valence-corrected chi connectivity index (χ0v) is 16.2. The van der Waals surface area contributed by atoms with Gasteiger partial charge in [0.2, 0.25) is 0 Å². The minimum atomic E-state index is 0.131. The van der Waals surface area contributed by atoms with Crippen LogP contribution in [0.2, 0.25) is 0 Å². The molecule has 3 atom stereocenters. The molecule has 0 saturated carbocycles. The maximum absolute atomic E-state index is 12.6. The molecular weight excluding hydrogens is 342 g/mol. The van der Waals surface area contributed by atoms with Crippen LogP contribution in [0, 0.1) is 5.92 Å². The number of piperidine rings is 1. The van der Waals surface area contributed by atoms with E-state index < -0.39 is 0 Å². The first-order valence-corrected chi connectivity index (χ1v) is 9.48. The van der Waals surface area contributed by atoms with Crippen LogP contribution in [0.3, 0.4) is 0 Å². The molecule has 1 fully saturated rings. The van der Waals surface area contributed by atoms with Gasteiger partial charge in [-0.15, -0.1) is 0 Å². The normalized spacial score (nSPS) is 24.7. The van der Waals surface area contributed by atoms with E-state index in [0.717, 1.165) is 38.2 Å². The van der Waals surface area contributed by atoms with Gasteiger partial charge in [0.1, 0.15) is 0 Å². The van der Waals surface area contributed by atoms with Crippen molar-refractivity contribution in [2.24, 2.45) is 5.92 Å². The molecule has 2 aliphatic heterocycles. The van der Waals surface area contributed by atoms with Gasteiger partial charge in [-0.05, 0) is 32.5 Å². The smallest absolute Gasteiger partial charge is 0.316 e. The van der Waals surface area contributed by atoms with Crippen molar-refractivity contribution in [2.45, 2.75) is 24.9 Å². The fraction of sp³-hybridized carbons (Fsp3) is 0.550. The molecule has 1 saturated heterocycles. The fourth-order valence-corrected chi connectivity index (χ4v) is 4.66. The lowest BCUT2D eigenvalue weighted by molar-refractivity contribution is 0.0742. The molecule has 27 heavy (non-hydrogen) atoms. The number of ether oxygens (including phenoxy) is 1. The molecule has 2 aliphatic rings. The van der Waals surface area contributed by atoms with Crippen molar-refractivity contribution in [2.75, 3.05) is 40.8 Å². The summed E-state index contributed by atoms with van der Waals surface area (Å²) in [5.74, 6) is 0.869. The lowest BCUT2D eigenvalue weighted by atomic mass is 9.78. The Labute approximate surface area is 159 Å². The highest BCUT2D eigenvalue weighted by Crippen LogP contribution is 2.41. The van der Waals surface area contributed by atoms with Crippen molar-refractivity contribution in [3.63, 3.8) is 0 Å². The van der Waals surface area contributed by atoms with Gasteiger partial charge in [0.25, 0.3) is 5.56 Å². The van der Waals surface area contributed by atoms with E-state index in [9.17, 15) is 4.79 Å². The number of methoxy groups -OCH3 is 1. The second kappa shape index (κ2) is 7.40. The molecule has 0 radical (unpaired) electrons. The summed E-state index contributed by atoms with van der Waals surface area (Å²) in [4.78, 5) is 25.7. The summed E-state index contributed by atoms with van der Waals surface area (Å²) >= 11 is 0. The molecule has 0 unspecified atom stereocenters. The molecule has 0 aliphatic carbocycles. The summed E-state index contributed by atoms with van der Waals surface area (Å²) in [6.07, 6.45) is 4.83. The molecular formula is C20H27N5O2. The predicted molar refractivity (Wildman–Crippen MR) is 103 cm³/mol. The van der Waals surface area contributed by atoms with E-state index in [0.29, 0.717) is 17.8 Å². The van der Waals surface area contributed by atoms with Crippen LogP contribution in [0.1, 0.15) is 29.6 Å². The van der Waals surface area contributed by atoms with Crippen LogP contribution >= 0.6 is 0 Å². The van der Waals surface area contributed by atoms with Gasteiger partial charge in [-0.1, -0.05) is 6.07 Å². The van der Waals surface area contributed by atoms with Crippen molar-refractivity contribution >= 4 is 0 Å². The first kappa shape index (κ1) is 18.1. The third kappa shape index (κ3) is 3.61. The third-order valence-electron chi connectivity index (χ3n) is 5.70. The van der Waals surface area contributed by atoms with E-state index in [1.165, 1.54) is 5.69 Å². The number of nitrogens with zero attached hydrogens (tertiary/aromatic N) is 5. The molecule has 2 bridgehead atoms.